The monoisotopic (exact) mass is 392 g/mol. The Kier molecular flexibility index (Phi) is 5.78. The van der Waals surface area contributed by atoms with Crippen molar-refractivity contribution < 1.29 is 4.79 Å². The predicted molar refractivity (Wildman–Crippen MR) is 118 cm³/mol. The minimum atomic E-state index is -0.132. The Balaban J connectivity index is 1.80. The van der Waals surface area contributed by atoms with Crippen molar-refractivity contribution in [2.24, 2.45) is 0 Å². The summed E-state index contributed by atoms with van der Waals surface area (Å²) in [5, 5.41) is 8.96. The zero-order chi connectivity index (χ0) is 21.3. The standard InChI is InChI=1S/C24H32N4O/c1-15-20(13-14-21(29)25-16(2)19-11-9-8-10-12-19)17(3)26-23-22(15)18(4)27-28(23)24(5,6)7/h8-12,16H,13-14H2,1-7H3,(H,25,29). The Morgan fingerprint density at radius 3 is 2.38 bits per heavy atom. The number of fused-ring (bicyclic) bond motifs is 1. The number of hydrogen-bond donors (Lipinski definition) is 1. The van der Waals surface area contributed by atoms with Gasteiger partial charge in [-0.2, -0.15) is 5.10 Å². The highest BCUT2D eigenvalue weighted by molar-refractivity contribution is 5.84. The molecule has 0 saturated carbocycles. The van der Waals surface area contributed by atoms with Crippen LogP contribution in [0.15, 0.2) is 30.3 Å². The fourth-order valence-corrected chi connectivity index (χ4v) is 3.92. The highest BCUT2D eigenvalue weighted by Crippen LogP contribution is 2.29. The molecule has 1 atom stereocenters. The van der Waals surface area contributed by atoms with Crippen molar-refractivity contribution in [3.63, 3.8) is 0 Å². The van der Waals surface area contributed by atoms with Crippen molar-refractivity contribution in [2.75, 3.05) is 0 Å². The molecule has 29 heavy (non-hydrogen) atoms. The number of nitrogens with one attached hydrogen (secondary N) is 1. The second kappa shape index (κ2) is 7.97. The second-order valence-corrected chi connectivity index (χ2v) is 8.87. The summed E-state index contributed by atoms with van der Waals surface area (Å²) in [6, 6.07) is 10.0. The Bertz CT molecular complexity index is 1030. The third-order valence-electron chi connectivity index (χ3n) is 5.49. The van der Waals surface area contributed by atoms with Crippen LogP contribution in [0, 0.1) is 20.8 Å². The van der Waals surface area contributed by atoms with Gasteiger partial charge in [0.25, 0.3) is 0 Å². The average Bonchev–Trinajstić information content (AvgIpc) is 2.99. The Labute approximate surface area is 173 Å². The van der Waals surface area contributed by atoms with Gasteiger partial charge in [-0.3, -0.25) is 4.79 Å². The van der Waals surface area contributed by atoms with E-state index < -0.39 is 0 Å². The third kappa shape index (κ3) is 4.34. The summed E-state index contributed by atoms with van der Waals surface area (Å²) in [5.41, 5.74) is 6.21. The molecule has 1 amide bonds. The van der Waals surface area contributed by atoms with Gasteiger partial charge in [0.15, 0.2) is 5.65 Å². The number of rotatable bonds is 5. The molecule has 0 bridgehead atoms. The number of amides is 1. The maximum atomic E-state index is 12.5. The van der Waals surface area contributed by atoms with E-state index in [1.807, 2.05) is 55.8 Å². The van der Waals surface area contributed by atoms with Crippen LogP contribution in [0.25, 0.3) is 11.0 Å². The molecule has 5 nitrogen and oxygen atoms in total. The molecule has 154 valence electrons. The molecule has 2 aromatic heterocycles. The van der Waals surface area contributed by atoms with E-state index in [0.29, 0.717) is 12.8 Å². The zero-order valence-corrected chi connectivity index (χ0v) is 18.6. The molecule has 0 aliphatic carbocycles. The normalized spacial score (nSPS) is 12.9. The van der Waals surface area contributed by atoms with Gasteiger partial charge in [-0.1, -0.05) is 30.3 Å². The number of hydrogen-bond acceptors (Lipinski definition) is 3. The number of carbonyl (C=O) groups is 1. The van der Waals surface area contributed by atoms with E-state index in [0.717, 1.165) is 33.5 Å². The van der Waals surface area contributed by atoms with Crippen molar-refractivity contribution in [2.45, 2.75) is 72.9 Å². The SMILES string of the molecule is Cc1nc2c(c(C)nn2C(C)(C)C)c(C)c1CCC(=O)NC(C)c1ccccc1. The molecule has 0 radical (unpaired) electrons. The molecule has 0 aliphatic heterocycles. The molecule has 1 N–H and O–H groups in total. The van der Waals surface area contributed by atoms with E-state index in [2.05, 4.69) is 33.0 Å². The van der Waals surface area contributed by atoms with E-state index in [9.17, 15) is 4.79 Å². The van der Waals surface area contributed by atoms with Crippen molar-refractivity contribution >= 4 is 16.9 Å². The smallest absolute Gasteiger partial charge is 0.220 e. The third-order valence-corrected chi connectivity index (χ3v) is 5.49. The lowest BCUT2D eigenvalue weighted by Crippen LogP contribution is -2.27. The first-order valence-corrected chi connectivity index (χ1v) is 10.3. The van der Waals surface area contributed by atoms with Crippen LogP contribution in [0.4, 0.5) is 0 Å². The van der Waals surface area contributed by atoms with Crippen LogP contribution in [-0.4, -0.2) is 20.7 Å². The van der Waals surface area contributed by atoms with Crippen molar-refractivity contribution in [1.29, 1.82) is 0 Å². The van der Waals surface area contributed by atoms with Gasteiger partial charge < -0.3 is 5.32 Å². The molecule has 5 heteroatoms. The molecular weight excluding hydrogens is 360 g/mol. The van der Waals surface area contributed by atoms with Gasteiger partial charge in [0.2, 0.25) is 5.91 Å². The zero-order valence-electron chi connectivity index (χ0n) is 18.6. The lowest BCUT2D eigenvalue weighted by atomic mass is 9.98. The van der Waals surface area contributed by atoms with E-state index in [1.54, 1.807) is 0 Å². The molecule has 0 saturated heterocycles. The summed E-state index contributed by atoms with van der Waals surface area (Å²) in [6.45, 7) is 14.6. The van der Waals surface area contributed by atoms with Crippen molar-refractivity contribution in [1.82, 2.24) is 20.1 Å². The van der Waals surface area contributed by atoms with Crippen LogP contribution in [0.5, 0.6) is 0 Å². The van der Waals surface area contributed by atoms with Crippen LogP contribution >= 0.6 is 0 Å². The first-order valence-electron chi connectivity index (χ1n) is 10.3. The number of nitrogens with zero attached hydrogens (tertiary/aromatic N) is 3. The van der Waals surface area contributed by atoms with Gasteiger partial charge in [-0.25, -0.2) is 9.67 Å². The number of aryl methyl sites for hydroxylation is 3. The number of carbonyl (C=O) groups excluding carboxylic acids is 1. The van der Waals surface area contributed by atoms with Crippen LogP contribution < -0.4 is 5.32 Å². The van der Waals surface area contributed by atoms with Crippen LogP contribution in [-0.2, 0) is 16.8 Å². The van der Waals surface area contributed by atoms with Gasteiger partial charge in [-0.15, -0.1) is 0 Å². The predicted octanol–water partition coefficient (Wildman–Crippen LogP) is 4.92. The van der Waals surface area contributed by atoms with E-state index in [1.165, 1.54) is 5.56 Å². The quantitative estimate of drug-likeness (QED) is 0.670. The first kappa shape index (κ1) is 21.0. The maximum absolute atomic E-state index is 12.5. The van der Waals surface area contributed by atoms with Gasteiger partial charge in [0, 0.05) is 17.5 Å². The van der Waals surface area contributed by atoms with Gasteiger partial charge in [0.1, 0.15) is 0 Å². The lowest BCUT2D eigenvalue weighted by Gasteiger charge is -2.20. The minimum Gasteiger partial charge on any atom is -0.350 e. The summed E-state index contributed by atoms with van der Waals surface area (Å²) in [4.78, 5) is 17.4. The second-order valence-electron chi connectivity index (χ2n) is 8.87. The summed E-state index contributed by atoms with van der Waals surface area (Å²) in [5.74, 6) is 0.0577. The number of aromatic nitrogens is 3. The maximum Gasteiger partial charge on any atom is 0.220 e. The Morgan fingerprint density at radius 1 is 1.10 bits per heavy atom. The average molecular weight is 393 g/mol. The van der Waals surface area contributed by atoms with Crippen LogP contribution in [0.3, 0.4) is 0 Å². The molecule has 0 spiro atoms. The van der Waals surface area contributed by atoms with Gasteiger partial charge >= 0.3 is 0 Å². The lowest BCUT2D eigenvalue weighted by molar-refractivity contribution is -0.121. The molecule has 3 aromatic rings. The molecule has 2 heterocycles. The molecule has 3 rings (SSSR count). The molecular formula is C24H32N4O. The van der Waals surface area contributed by atoms with Crippen LogP contribution in [0.2, 0.25) is 0 Å². The fourth-order valence-electron chi connectivity index (χ4n) is 3.92. The van der Waals surface area contributed by atoms with E-state index >= 15 is 0 Å². The highest BCUT2D eigenvalue weighted by atomic mass is 16.1. The largest absolute Gasteiger partial charge is 0.350 e. The van der Waals surface area contributed by atoms with Crippen molar-refractivity contribution in [3.05, 3.63) is 58.4 Å². The summed E-state index contributed by atoms with van der Waals surface area (Å²) >= 11 is 0. The molecule has 0 aliphatic rings. The molecule has 0 fully saturated rings. The summed E-state index contributed by atoms with van der Waals surface area (Å²) in [7, 11) is 0. The Hall–Kier alpha value is -2.69. The van der Waals surface area contributed by atoms with Gasteiger partial charge in [-0.05, 0) is 71.6 Å². The fraction of sp³-hybridized carbons (Fsp3) is 0.458. The van der Waals surface area contributed by atoms with Gasteiger partial charge in [0.05, 0.1) is 17.3 Å². The van der Waals surface area contributed by atoms with E-state index in [-0.39, 0.29) is 17.5 Å². The Morgan fingerprint density at radius 2 is 1.76 bits per heavy atom. The van der Waals surface area contributed by atoms with Crippen LogP contribution in [0.1, 0.15) is 68.2 Å². The summed E-state index contributed by atoms with van der Waals surface area (Å²) in [6.07, 6.45) is 1.12. The molecule has 1 unspecified atom stereocenters. The van der Waals surface area contributed by atoms with Crippen molar-refractivity contribution in [3.8, 4) is 0 Å². The first-order chi connectivity index (χ1) is 13.6. The highest BCUT2D eigenvalue weighted by Gasteiger charge is 2.23. The van der Waals surface area contributed by atoms with E-state index in [4.69, 9.17) is 10.1 Å². The molecule has 1 aromatic carbocycles. The minimum absolute atomic E-state index is 0.00115. The topological polar surface area (TPSA) is 59.8 Å². The number of pyridine rings is 1. The number of benzene rings is 1. The summed E-state index contributed by atoms with van der Waals surface area (Å²) < 4.78 is 2.01.